The van der Waals surface area contributed by atoms with Crippen molar-refractivity contribution in [2.45, 2.75) is 25.2 Å². The minimum Gasteiger partial charge on any atom is -0.339 e. The second-order valence-corrected chi connectivity index (χ2v) is 4.77. The van der Waals surface area contributed by atoms with Crippen LogP contribution in [0.3, 0.4) is 0 Å². The van der Waals surface area contributed by atoms with Crippen LogP contribution in [0.25, 0.3) is 11.4 Å². The van der Waals surface area contributed by atoms with Gasteiger partial charge in [0.1, 0.15) is 4.60 Å². The van der Waals surface area contributed by atoms with E-state index in [2.05, 4.69) is 31.1 Å². The predicted octanol–water partition coefficient (Wildman–Crippen LogP) is 3.16. The van der Waals surface area contributed by atoms with Crippen LogP contribution in [-0.2, 0) is 0 Å². The first kappa shape index (κ1) is 9.96. The molecule has 1 saturated carbocycles. The Morgan fingerprint density at radius 2 is 2.19 bits per heavy atom. The first-order chi connectivity index (χ1) is 7.83. The summed E-state index contributed by atoms with van der Waals surface area (Å²) in [6.45, 7) is 0. The Kier molecular flexibility index (Phi) is 2.47. The molecule has 4 nitrogen and oxygen atoms in total. The van der Waals surface area contributed by atoms with Crippen LogP contribution < -0.4 is 0 Å². The van der Waals surface area contributed by atoms with Gasteiger partial charge in [-0.3, -0.25) is 0 Å². The summed E-state index contributed by atoms with van der Waals surface area (Å²) in [6.07, 6.45) is 5.34. The van der Waals surface area contributed by atoms with Crippen LogP contribution in [0, 0.1) is 0 Å². The second-order valence-electron chi connectivity index (χ2n) is 3.95. The van der Waals surface area contributed by atoms with Crippen molar-refractivity contribution in [1.82, 2.24) is 15.1 Å². The fourth-order valence-electron chi connectivity index (χ4n) is 1.68. The number of nitrogens with zero attached hydrogens (tertiary/aromatic N) is 3. The minimum absolute atomic E-state index is 0.477. The van der Waals surface area contributed by atoms with E-state index in [1.165, 1.54) is 19.3 Å². The number of pyridine rings is 1. The van der Waals surface area contributed by atoms with E-state index in [1.54, 1.807) is 6.20 Å². The lowest BCUT2D eigenvalue weighted by Crippen LogP contribution is -2.08. The molecule has 1 fully saturated rings. The molecule has 16 heavy (non-hydrogen) atoms. The zero-order valence-corrected chi connectivity index (χ0v) is 10.1. The maximum atomic E-state index is 5.25. The molecule has 0 N–H and O–H groups in total. The molecular formula is C11H10BrN3O. The molecular weight excluding hydrogens is 270 g/mol. The molecule has 0 saturated heterocycles. The molecule has 1 aliphatic carbocycles. The molecule has 0 atom stereocenters. The maximum Gasteiger partial charge on any atom is 0.230 e. The Morgan fingerprint density at radius 1 is 1.31 bits per heavy atom. The van der Waals surface area contributed by atoms with Crippen molar-refractivity contribution in [3.8, 4) is 11.4 Å². The van der Waals surface area contributed by atoms with E-state index in [1.807, 2.05) is 12.1 Å². The van der Waals surface area contributed by atoms with Gasteiger partial charge in [-0.2, -0.15) is 4.98 Å². The zero-order valence-electron chi connectivity index (χ0n) is 8.56. The quantitative estimate of drug-likeness (QED) is 0.793. The molecule has 0 amide bonds. The average Bonchev–Trinajstić information content (AvgIpc) is 2.65. The van der Waals surface area contributed by atoms with Crippen molar-refractivity contribution < 1.29 is 4.52 Å². The van der Waals surface area contributed by atoms with Crippen LogP contribution >= 0.6 is 15.9 Å². The van der Waals surface area contributed by atoms with E-state index in [9.17, 15) is 0 Å². The number of hydrogen-bond acceptors (Lipinski definition) is 4. The third-order valence-corrected chi connectivity index (χ3v) is 3.35. The van der Waals surface area contributed by atoms with E-state index >= 15 is 0 Å². The Bertz CT molecular complexity index is 490. The largest absolute Gasteiger partial charge is 0.339 e. The van der Waals surface area contributed by atoms with Crippen molar-refractivity contribution in [3.63, 3.8) is 0 Å². The highest BCUT2D eigenvalue weighted by Crippen LogP contribution is 2.35. The fourth-order valence-corrected chi connectivity index (χ4v) is 1.92. The number of halogens is 1. The number of rotatable bonds is 2. The van der Waals surface area contributed by atoms with Crippen LogP contribution in [0.4, 0.5) is 0 Å². The SMILES string of the molecule is Brc1ccc(-c2noc(C3CCC3)n2)cn1. The van der Waals surface area contributed by atoms with Crippen LogP contribution in [0.15, 0.2) is 27.5 Å². The summed E-state index contributed by atoms with van der Waals surface area (Å²) >= 11 is 3.29. The highest BCUT2D eigenvalue weighted by atomic mass is 79.9. The average molecular weight is 280 g/mol. The highest BCUT2D eigenvalue weighted by molar-refractivity contribution is 9.10. The van der Waals surface area contributed by atoms with E-state index in [0.29, 0.717) is 11.7 Å². The summed E-state index contributed by atoms with van der Waals surface area (Å²) in [5, 5.41) is 3.98. The van der Waals surface area contributed by atoms with Crippen molar-refractivity contribution in [2.75, 3.05) is 0 Å². The molecule has 2 aromatic rings. The van der Waals surface area contributed by atoms with Crippen molar-refractivity contribution in [1.29, 1.82) is 0 Å². The molecule has 0 aliphatic heterocycles. The van der Waals surface area contributed by atoms with Gasteiger partial charge in [0.15, 0.2) is 0 Å². The molecule has 2 heterocycles. The Hall–Kier alpha value is -1.23. The molecule has 0 radical (unpaired) electrons. The molecule has 0 unspecified atom stereocenters. The maximum absolute atomic E-state index is 5.25. The first-order valence-electron chi connectivity index (χ1n) is 5.28. The number of hydrogen-bond donors (Lipinski definition) is 0. The Labute approximate surface area is 101 Å². The monoisotopic (exact) mass is 279 g/mol. The highest BCUT2D eigenvalue weighted by Gasteiger charge is 2.25. The summed E-state index contributed by atoms with van der Waals surface area (Å²) < 4.78 is 6.06. The van der Waals surface area contributed by atoms with E-state index in [-0.39, 0.29) is 0 Å². The van der Waals surface area contributed by atoms with Gasteiger partial charge >= 0.3 is 0 Å². The second kappa shape index (κ2) is 3.97. The summed E-state index contributed by atoms with van der Waals surface area (Å²) in [6, 6.07) is 3.79. The molecule has 0 aromatic carbocycles. The van der Waals surface area contributed by atoms with Crippen LogP contribution in [0.5, 0.6) is 0 Å². The van der Waals surface area contributed by atoms with Gasteiger partial charge < -0.3 is 4.52 Å². The van der Waals surface area contributed by atoms with E-state index in [4.69, 9.17) is 4.52 Å². The van der Waals surface area contributed by atoms with E-state index in [0.717, 1.165) is 16.1 Å². The molecule has 0 spiro atoms. The predicted molar refractivity (Wildman–Crippen MR) is 61.8 cm³/mol. The van der Waals surface area contributed by atoms with Gasteiger partial charge in [-0.05, 0) is 40.9 Å². The summed E-state index contributed by atoms with van der Waals surface area (Å²) in [5.41, 5.74) is 0.887. The van der Waals surface area contributed by atoms with Gasteiger partial charge in [-0.25, -0.2) is 4.98 Å². The van der Waals surface area contributed by atoms with Gasteiger partial charge in [-0.1, -0.05) is 11.6 Å². The summed E-state index contributed by atoms with van der Waals surface area (Å²) in [5.74, 6) is 1.87. The first-order valence-corrected chi connectivity index (χ1v) is 6.08. The van der Waals surface area contributed by atoms with Gasteiger partial charge in [-0.15, -0.1) is 0 Å². The third kappa shape index (κ3) is 1.75. The van der Waals surface area contributed by atoms with Gasteiger partial charge in [0.2, 0.25) is 11.7 Å². The smallest absolute Gasteiger partial charge is 0.230 e. The molecule has 82 valence electrons. The lowest BCUT2D eigenvalue weighted by Gasteiger charge is -2.20. The van der Waals surface area contributed by atoms with Crippen LogP contribution in [0.2, 0.25) is 0 Å². The van der Waals surface area contributed by atoms with Gasteiger partial charge in [0.25, 0.3) is 0 Å². The Balaban J connectivity index is 1.88. The fraction of sp³-hybridized carbons (Fsp3) is 0.364. The Morgan fingerprint density at radius 3 is 2.81 bits per heavy atom. The molecule has 3 rings (SSSR count). The van der Waals surface area contributed by atoms with Gasteiger partial charge in [0, 0.05) is 17.7 Å². The lowest BCUT2D eigenvalue weighted by atomic mass is 9.85. The molecule has 1 aliphatic rings. The third-order valence-electron chi connectivity index (χ3n) is 2.88. The molecule has 5 heteroatoms. The standard InChI is InChI=1S/C11H10BrN3O/c12-9-5-4-8(6-13-9)10-14-11(16-15-10)7-2-1-3-7/h4-7H,1-3H2. The van der Waals surface area contributed by atoms with Crippen LogP contribution in [0.1, 0.15) is 31.1 Å². The lowest BCUT2D eigenvalue weighted by molar-refractivity contribution is 0.292. The normalized spacial score (nSPS) is 16.1. The topological polar surface area (TPSA) is 51.8 Å². The van der Waals surface area contributed by atoms with Crippen LogP contribution in [-0.4, -0.2) is 15.1 Å². The van der Waals surface area contributed by atoms with Gasteiger partial charge in [0.05, 0.1) is 0 Å². The molecule has 2 aromatic heterocycles. The summed E-state index contributed by atoms with van der Waals surface area (Å²) in [7, 11) is 0. The number of aromatic nitrogens is 3. The van der Waals surface area contributed by atoms with Crippen molar-refractivity contribution in [3.05, 3.63) is 28.8 Å². The zero-order chi connectivity index (χ0) is 11.0. The molecule has 0 bridgehead atoms. The van der Waals surface area contributed by atoms with E-state index < -0.39 is 0 Å². The van der Waals surface area contributed by atoms with Crippen molar-refractivity contribution in [2.24, 2.45) is 0 Å². The van der Waals surface area contributed by atoms with Crippen molar-refractivity contribution >= 4 is 15.9 Å². The summed E-state index contributed by atoms with van der Waals surface area (Å²) in [4.78, 5) is 8.54. The minimum atomic E-state index is 0.477.